The lowest BCUT2D eigenvalue weighted by molar-refractivity contribution is -0.122. The summed E-state index contributed by atoms with van der Waals surface area (Å²) >= 11 is 1.31. The van der Waals surface area contributed by atoms with Gasteiger partial charge in [0.2, 0.25) is 5.91 Å². The molecule has 112 valence electrons. The normalized spacial score (nSPS) is 11.2. The zero-order valence-corrected chi connectivity index (χ0v) is 12.0. The first-order valence-corrected chi connectivity index (χ1v) is 6.98. The van der Waals surface area contributed by atoms with Gasteiger partial charge in [-0.25, -0.2) is 0 Å². The van der Waals surface area contributed by atoms with Gasteiger partial charge in [-0.1, -0.05) is 0 Å². The molecule has 0 bridgehead atoms. The number of amides is 1. The molecule has 1 aromatic carbocycles. The average molecular weight is 301 g/mol. The Labute approximate surface area is 121 Å². The van der Waals surface area contributed by atoms with E-state index in [9.17, 15) is 4.79 Å². The van der Waals surface area contributed by atoms with E-state index in [1.807, 2.05) is 12.1 Å². The largest absolute Gasteiger partial charge is 0.497 e. The molecule has 0 aliphatic heterocycles. The highest BCUT2D eigenvalue weighted by Gasteiger charge is 2.29. The number of nitrogens with one attached hydrogen (secondary N) is 1. The minimum atomic E-state index is -1.38. The van der Waals surface area contributed by atoms with E-state index >= 15 is 0 Å². The van der Waals surface area contributed by atoms with Crippen molar-refractivity contribution in [3.8, 4) is 5.75 Å². The first-order chi connectivity index (χ1) is 9.59. The summed E-state index contributed by atoms with van der Waals surface area (Å²) in [5.41, 5.74) is -1.38. The highest BCUT2D eigenvalue weighted by atomic mass is 32.2. The molecule has 7 heteroatoms. The Hall–Kier alpha value is -1.28. The molecule has 0 aliphatic rings. The molecule has 0 heterocycles. The fourth-order valence-electron chi connectivity index (χ4n) is 1.42. The minimum absolute atomic E-state index is 0.119. The quantitative estimate of drug-likeness (QED) is 0.489. The number of benzene rings is 1. The molecular formula is C13H19NO5S. The van der Waals surface area contributed by atoms with Gasteiger partial charge in [0.1, 0.15) is 11.3 Å². The average Bonchev–Trinajstić information content (AvgIpc) is 2.51. The summed E-state index contributed by atoms with van der Waals surface area (Å²) in [5, 5.41) is 29.8. The highest BCUT2D eigenvalue weighted by molar-refractivity contribution is 8.00. The predicted molar refractivity (Wildman–Crippen MR) is 75.8 cm³/mol. The smallest absolute Gasteiger partial charge is 0.231 e. The number of carbonyl (C=O) groups is 1. The standard InChI is InChI=1S/C13H19NO5S/c1-19-10-2-4-11(5-3-10)20-6-12(18)14-13(7-15,8-16)9-17/h2-5,15-17H,6-9H2,1H3,(H,14,18). The first kappa shape index (κ1) is 16.8. The van der Waals surface area contributed by atoms with Crippen LogP contribution in [-0.4, -0.2) is 59.4 Å². The second-order valence-electron chi connectivity index (χ2n) is 4.27. The van der Waals surface area contributed by atoms with Crippen molar-refractivity contribution in [1.29, 1.82) is 0 Å². The van der Waals surface area contributed by atoms with Crippen LogP contribution in [0.2, 0.25) is 0 Å². The summed E-state index contributed by atoms with van der Waals surface area (Å²) in [6.07, 6.45) is 0. The summed E-state index contributed by atoms with van der Waals surface area (Å²) in [4.78, 5) is 12.6. The van der Waals surface area contributed by atoms with Crippen LogP contribution < -0.4 is 10.1 Å². The third-order valence-corrected chi connectivity index (χ3v) is 3.75. The van der Waals surface area contributed by atoms with Crippen LogP contribution in [0.4, 0.5) is 0 Å². The van der Waals surface area contributed by atoms with Gasteiger partial charge in [0.25, 0.3) is 0 Å². The molecule has 0 unspecified atom stereocenters. The summed E-state index contributed by atoms with van der Waals surface area (Å²) < 4.78 is 5.03. The predicted octanol–water partition coefficient (Wildman–Crippen LogP) is -0.381. The lowest BCUT2D eigenvalue weighted by Crippen LogP contribution is -2.57. The maximum atomic E-state index is 11.7. The Bertz CT molecular complexity index is 411. The molecule has 0 saturated heterocycles. The highest BCUT2D eigenvalue weighted by Crippen LogP contribution is 2.21. The number of rotatable bonds is 8. The first-order valence-electron chi connectivity index (χ1n) is 5.99. The van der Waals surface area contributed by atoms with E-state index in [0.717, 1.165) is 10.6 Å². The van der Waals surface area contributed by atoms with Gasteiger partial charge >= 0.3 is 0 Å². The van der Waals surface area contributed by atoms with Gasteiger partial charge in [0.05, 0.1) is 32.7 Å². The van der Waals surface area contributed by atoms with E-state index in [4.69, 9.17) is 20.1 Å². The van der Waals surface area contributed by atoms with Gasteiger partial charge in [0, 0.05) is 4.90 Å². The van der Waals surface area contributed by atoms with Crippen LogP contribution in [0, 0.1) is 0 Å². The number of aliphatic hydroxyl groups excluding tert-OH is 3. The van der Waals surface area contributed by atoms with Crippen LogP contribution in [0.15, 0.2) is 29.2 Å². The van der Waals surface area contributed by atoms with Crippen molar-refractivity contribution >= 4 is 17.7 Å². The Kier molecular flexibility index (Phi) is 6.80. The third-order valence-electron chi connectivity index (χ3n) is 2.74. The number of carbonyl (C=O) groups excluding carboxylic acids is 1. The van der Waals surface area contributed by atoms with Crippen LogP contribution in [0.1, 0.15) is 0 Å². The Morgan fingerprint density at radius 3 is 2.20 bits per heavy atom. The van der Waals surface area contributed by atoms with E-state index < -0.39 is 25.4 Å². The molecule has 1 amide bonds. The number of hydrogen-bond acceptors (Lipinski definition) is 6. The van der Waals surface area contributed by atoms with Crippen LogP contribution in [0.3, 0.4) is 0 Å². The van der Waals surface area contributed by atoms with Crippen LogP contribution in [-0.2, 0) is 4.79 Å². The Balaban J connectivity index is 2.50. The zero-order valence-electron chi connectivity index (χ0n) is 11.2. The van der Waals surface area contributed by atoms with E-state index in [1.165, 1.54) is 11.8 Å². The molecule has 0 aromatic heterocycles. The van der Waals surface area contributed by atoms with Gasteiger partial charge < -0.3 is 25.4 Å². The fraction of sp³-hybridized carbons (Fsp3) is 0.462. The molecule has 20 heavy (non-hydrogen) atoms. The molecule has 0 aliphatic carbocycles. The summed E-state index contributed by atoms with van der Waals surface area (Å²) in [5.74, 6) is 0.482. The maximum absolute atomic E-state index is 11.7. The number of thioether (sulfide) groups is 1. The van der Waals surface area contributed by atoms with Crippen molar-refractivity contribution in [1.82, 2.24) is 5.32 Å². The summed E-state index contributed by atoms with van der Waals surface area (Å²) in [7, 11) is 1.58. The van der Waals surface area contributed by atoms with Crippen LogP contribution in [0.5, 0.6) is 5.75 Å². The molecule has 1 aromatic rings. The van der Waals surface area contributed by atoms with Crippen LogP contribution in [0.25, 0.3) is 0 Å². The topological polar surface area (TPSA) is 99.0 Å². The molecule has 6 nitrogen and oxygen atoms in total. The number of methoxy groups -OCH3 is 1. The van der Waals surface area contributed by atoms with Gasteiger partial charge in [-0.05, 0) is 24.3 Å². The van der Waals surface area contributed by atoms with Crippen molar-refractivity contribution in [2.75, 3.05) is 32.7 Å². The van der Waals surface area contributed by atoms with Crippen molar-refractivity contribution in [3.63, 3.8) is 0 Å². The lowest BCUT2D eigenvalue weighted by atomic mass is 10.0. The van der Waals surface area contributed by atoms with E-state index in [2.05, 4.69) is 5.32 Å². The number of aliphatic hydroxyl groups is 3. The lowest BCUT2D eigenvalue weighted by Gasteiger charge is -2.28. The summed E-state index contributed by atoms with van der Waals surface area (Å²) in [6.45, 7) is -1.59. The SMILES string of the molecule is COc1ccc(SCC(=O)NC(CO)(CO)CO)cc1. The van der Waals surface area contributed by atoms with Crippen molar-refractivity contribution in [3.05, 3.63) is 24.3 Å². The third kappa shape index (κ3) is 4.68. The number of hydrogen-bond donors (Lipinski definition) is 4. The zero-order chi connectivity index (χ0) is 15.0. The number of ether oxygens (including phenoxy) is 1. The molecule has 0 fully saturated rings. The molecule has 1 rings (SSSR count). The molecular weight excluding hydrogens is 282 g/mol. The molecule has 0 saturated carbocycles. The van der Waals surface area contributed by atoms with Crippen molar-refractivity contribution < 1.29 is 24.9 Å². The van der Waals surface area contributed by atoms with E-state index in [-0.39, 0.29) is 11.7 Å². The van der Waals surface area contributed by atoms with E-state index in [0.29, 0.717) is 0 Å². The molecule has 4 N–H and O–H groups in total. The van der Waals surface area contributed by atoms with Gasteiger partial charge in [-0.3, -0.25) is 4.79 Å². The second kappa shape index (κ2) is 8.11. The Morgan fingerprint density at radius 2 is 1.75 bits per heavy atom. The second-order valence-corrected chi connectivity index (χ2v) is 5.32. The van der Waals surface area contributed by atoms with Crippen molar-refractivity contribution in [2.24, 2.45) is 0 Å². The van der Waals surface area contributed by atoms with Gasteiger partial charge in [0.15, 0.2) is 0 Å². The molecule has 0 spiro atoms. The van der Waals surface area contributed by atoms with Crippen molar-refractivity contribution in [2.45, 2.75) is 10.4 Å². The van der Waals surface area contributed by atoms with Crippen LogP contribution >= 0.6 is 11.8 Å². The summed E-state index contributed by atoms with van der Waals surface area (Å²) in [6, 6.07) is 7.24. The van der Waals surface area contributed by atoms with Gasteiger partial charge in [-0.15, -0.1) is 11.8 Å². The maximum Gasteiger partial charge on any atom is 0.231 e. The molecule has 0 radical (unpaired) electrons. The fourth-order valence-corrected chi connectivity index (χ4v) is 2.12. The van der Waals surface area contributed by atoms with E-state index in [1.54, 1.807) is 19.2 Å². The minimum Gasteiger partial charge on any atom is -0.497 e. The van der Waals surface area contributed by atoms with Gasteiger partial charge in [-0.2, -0.15) is 0 Å². The monoisotopic (exact) mass is 301 g/mol. The Morgan fingerprint density at radius 1 is 1.20 bits per heavy atom. The molecule has 0 atom stereocenters.